The SMILES string of the molecule is CC(=O)N1CCC(n2cc(-c3cnc(N)c4oc(-c5nn(C)c6cnccc56)cc34)cn2)CC1. The van der Waals surface area contributed by atoms with Gasteiger partial charge in [-0.2, -0.15) is 10.2 Å². The normalized spacial score (nSPS) is 14.9. The highest BCUT2D eigenvalue weighted by atomic mass is 16.3. The molecule has 1 amide bonds. The fourth-order valence-corrected chi connectivity index (χ4v) is 4.80. The molecule has 0 aliphatic carbocycles. The molecule has 1 aliphatic rings. The number of anilines is 1. The monoisotopic (exact) mass is 456 g/mol. The fraction of sp³-hybridized carbons (Fsp3) is 0.292. The van der Waals surface area contributed by atoms with Gasteiger partial charge in [0.15, 0.2) is 17.2 Å². The van der Waals surface area contributed by atoms with E-state index in [2.05, 4.69) is 20.2 Å². The van der Waals surface area contributed by atoms with Crippen molar-refractivity contribution in [2.75, 3.05) is 18.8 Å². The van der Waals surface area contributed by atoms with E-state index < -0.39 is 0 Å². The molecule has 10 nitrogen and oxygen atoms in total. The van der Waals surface area contributed by atoms with E-state index in [-0.39, 0.29) is 11.9 Å². The highest BCUT2D eigenvalue weighted by Gasteiger charge is 2.24. The summed E-state index contributed by atoms with van der Waals surface area (Å²) in [6, 6.07) is 4.15. The smallest absolute Gasteiger partial charge is 0.219 e. The van der Waals surface area contributed by atoms with Gasteiger partial charge in [-0.25, -0.2) is 4.98 Å². The Morgan fingerprint density at radius 3 is 2.79 bits per heavy atom. The van der Waals surface area contributed by atoms with Crippen molar-refractivity contribution in [2.24, 2.45) is 7.05 Å². The van der Waals surface area contributed by atoms with E-state index >= 15 is 0 Å². The average Bonchev–Trinajstić information content (AvgIpc) is 3.58. The summed E-state index contributed by atoms with van der Waals surface area (Å²) in [6.07, 6.45) is 10.9. The predicted octanol–water partition coefficient (Wildman–Crippen LogP) is 3.41. The minimum absolute atomic E-state index is 0.127. The first-order valence-electron chi connectivity index (χ1n) is 11.2. The maximum Gasteiger partial charge on any atom is 0.219 e. The number of aryl methyl sites for hydroxylation is 1. The molecule has 5 aromatic rings. The van der Waals surface area contributed by atoms with Crippen LogP contribution in [0.1, 0.15) is 25.8 Å². The third kappa shape index (κ3) is 3.21. The number of piperidine rings is 1. The van der Waals surface area contributed by atoms with Crippen molar-refractivity contribution in [3.05, 3.63) is 43.1 Å². The van der Waals surface area contributed by atoms with Gasteiger partial charge in [-0.05, 0) is 25.0 Å². The van der Waals surface area contributed by atoms with Gasteiger partial charge in [-0.15, -0.1) is 0 Å². The molecule has 1 aliphatic heterocycles. The quantitative estimate of drug-likeness (QED) is 0.442. The van der Waals surface area contributed by atoms with Gasteiger partial charge < -0.3 is 15.1 Å². The zero-order chi connectivity index (χ0) is 23.4. The molecular formula is C24H24N8O2. The molecule has 172 valence electrons. The van der Waals surface area contributed by atoms with Gasteiger partial charge in [0.2, 0.25) is 5.91 Å². The summed E-state index contributed by atoms with van der Waals surface area (Å²) in [4.78, 5) is 22.1. The van der Waals surface area contributed by atoms with Crippen LogP contribution >= 0.6 is 0 Å². The fourth-order valence-electron chi connectivity index (χ4n) is 4.80. The number of carbonyl (C=O) groups is 1. The van der Waals surface area contributed by atoms with Crippen molar-refractivity contribution in [3.63, 3.8) is 0 Å². The molecule has 1 fully saturated rings. The minimum atomic E-state index is 0.127. The highest BCUT2D eigenvalue weighted by Crippen LogP contribution is 2.38. The maximum absolute atomic E-state index is 11.6. The van der Waals surface area contributed by atoms with Gasteiger partial charge in [0.05, 0.1) is 24.0 Å². The number of likely N-dealkylation sites (tertiary alicyclic amines) is 1. The molecule has 0 atom stereocenters. The van der Waals surface area contributed by atoms with Gasteiger partial charge in [-0.3, -0.25) is 19.1 Å². The third-order valence-corrected chi connectivity index (χ3v) is 6.67. The second kappa shape index (κ2) is 7.68. The molecule has 2 N–H and O–H groups in total. The van der Waals surface area contributed by atoms with Gasteiger partial charge in [0, 0.05) is 67.6 Å². The molecule has 1 saturated heterocycles. The van der Waals surface area contributed by atoms with Gasteiger partial charge in [0.1, 0.15) is 5.69 Å². The standard InChI is InChI=1S/C24H24N8O2/c1-14(33)31-7-4-16(5-8-31)32-13-15(10-28-32)19-11-27-24(25)23-18(19)9-21(34-23)22-17-3-6-26-12-20(17)30(2)29-22/h3,6,9-13,16H,4-5,7-8H2,1-2H3,(H2,25,27). The number of hydrogen-bond acceptors (Lipinski definition) is 7. The van der Waals surface area contributed by atoms with Gasteiger partial charge in [-0.1, -0.05) is 0 Å². The second-order valence-corrected chi connectivity index (χ2v) is 8.72. The van der Waals surface area contributed by atoms with Crippen LogP contribution in [0, 0.1) is 0 Å². The summed E-state index contributed by atoms with van der Waals surface area (Å²) in [5.74, 6) is 1.08. The second-order valence-electron chi connectivity index (χ2n) is 8.72. The van der Waals surface area contributed by atoms with Crippen LogP contribution in [-0.2, 0) is 11.8 Å². The van der Waals surface area contributed by atoms with E-state index in [0.29, 0.717) is 17.2 Å². The molecule has 0 aromatic carbocycles. The number of hydrogen-bond donors (Lipinski definition) is 1. The van der Waals surface area contributed by atoms with Crippen LogP contribution in [0.15, 0.2) is 47.5 Å². The molecule has 10 heteroatoms. The number of pyridine rings is 2. The molecule has 0 radical (unpaired) electrons. The van der Waals surface area contributed by atoms with Crippen molar-refractivity contribution in [1.82, 2.24) is 34.4 Å². The van der Waals surface area contributed by atoms with E-state index in [0.717, 1.165) is 59.0 Å². The van der Waals surface area contributed by atoms with Gasteiger partial charge in [0.25, 0.3) is 0 Å². The molecule has 6 rings (SSSR count). The van der Waals surface area contributed by atoms with Crippen molar-refractivity contribution in [3.8, 4) is 22.6 Å². The summed E-state index contributed by atoms with van der Waals surface area (Å²) in [5.41, 5.74) is 10.2. The van der Waals surface area contributed by atoms with E-state index in [1.165, 1.54) is 0 Å². The molecule has 0 bridgehead atoms. The lowest BCUT2D eigenvalue weighted by Crippen LogP contribution is -2.37. The molecule has 0 saturated carbocycles. The Bertz CT molecular complexity index is 1540. The lowest BCUT2D eigenvalue weighted by molar-refractivity contribution is -0.130. The molecule has 0 unspecified atom stereocenters. The average molecular weight is 457 g/mol. The van der Waals surface area contributed by atoms with Crippen LogP contribution in [0.2, 0.25) is 0 Å². The molecule has 34 heavy (non-hydrogen) atoms. The first-order valence-corrected chi connectivity index (χ1v) is 11.2. The van der Waals surface area contributed by atoms with Crippen LogP contribution in [0.3, 0.4) is 0 Å². The van der Waals surface area contributed by atoms with Crippen molar-refractivity contribution in [1.29, 1.82) is 0 Å². The summed E-state index contributed by atoms with van der Waals surface area (Å²) >= 11 is 0. The summed E-state index contributed by atoms with van der Waals surface area (Å²) in [5, 5.41) is 11.1. The first kappa shape index (κ1) is 20.4. The van der Waals surface area contributed by atoms with Gasteiger partial charge >= 0.3 is 0 Å². The summed E-state index contributed by atoms with van der Waals surface area (Å²) < 4.78 is 9.96. The van der Waals surface area contributed by atoms with Crippen molar-refractivity contribution >= 4 is 33.6 Å². The molecule has 6 heterocycles. The number of furan rings is 1. The third-order valence-electron chi connectivity index (χ3n) is 6.67. The van der Waals surface area contributed by atoms with Crippen LogP contribution in [0.4, 0.5) is 5.82 Å². The maximum atomic E-state index is 11.6. The van der Waals surface area contributed by atoms with E-state index in [9.17, 15) is 4.79 Å². The predicted molar refractivity (Wildman–Crippen MR) is 128 cm³/mol. The Hall–Kier alpha value is -4.21. The van der Waals surface area contributed by atoms with Crippen molar-refractivity contribution in [2.45, 2.75) is 25.8 Å². The Morgan fingerprint density at radius 2 is 2.00 bits per heavy atom. The number of fused-ring (bicyclic) bond motifs is 2. The number of nitrogens with zero attached hydrogens (tertiary/aromatic N) is 7. The summed E-state index contributed by atoms with van der Waals surface area (Å²) in [6.45, 7) is 3.12. The Kier molecular flexibility index (Phi) is 4.61. The molecular weight excluding hydrogens is 432 g/mol. The first-order chi connectivity index (χ1) is 16.5. The number of amides is 1. The Labute approximate surface area is 195 Å². The largest absolute Gasteiger partial charge is 0.450 e. The lowest BCUT2D eigenvalue weighted by atomic mass is 10.0. The van der Waals surface area contributed by atoms with Crippen LogP contribution in [-0.4, -0.2) is 53.4 Å². The number of rotatable bonds is 3. The molecule has 5 aromatic heterocycles. The Morgan fingerprint density at radius 1 is 1.18 bits per heavy atom. The minimum Gasteiger partial charge on any atom is -0.450 e. The van der Waals surface area contributed by atoms with Crippen LogP contribution < -0.4 is 5.73 Å². The highest BCUT2D eigenvalue weighted by molar-refractivity contribution is 6.02. The van der Waals surface area contributed by atoms with Crippen molar-refractivity contribution < 1.29 is 9.21 Å². The number of aromatic nitrogens is 6. The van der Waals surface area contributed by atoms with E-state index in [1.807, 2.05) is 41.2 Å². The topological polar surface area (TPSA) is 121 Å². The van der Waals surface area contributed by atoms with E-state index in [1.54, 1.807) is 30.2 Å². The lowest BCUT2D eigenvalue weighted by Gasteiger charge is -2.31. The number of nitrogen functional groups attached to an aromatic ring is 1. The van der Waals surface area contributed by atoms with E-state index in [4.69, 9.17) is 10.2 Å². The zero-order valence-corrected chi connectivity index (χ0v) is 19.0. The number of nitrogens with two attached hydrogens (primary N) is 1. The number of carbonyl (C=O) groups excluding carboxylic acids is 1. The molecule has 0 spiro atoms. The zero-order valence-electron chi connectivity index (χ0n) is 19.0. The van der Waals surface area contributed by atoms with Crippen LogP contribution in [0.5, 0.6) is 0 Å². The summed E-state index contributed by atoms with van der Waals surface area (Å²) in [7, 11) is 1.88. The van der Waals surface area contributed by atoms with Crippen LogP contribution in [0.25, 0.3) is 44.5 Å². The Balaban J connectivity index is 1.38.